The Labute approximate surface area is 81.5 Å². The lowest BCUT2D eigenvalue weighted by Gasteiger charge is -2.09. The van der Waals surface area contributed by atoms with Crippen LogP contribution in [0.1, 0.15) is 33.9 Å². The number of carboxylic acids is 1. The largest absolute Gasteiger partial charge is 0.478 e. The molecule has 0 saturated carbocycles. The van der Waals surface area contributed by atoms with Crippen molar-refractivity contribution >= 4 is 11.7 Å². The summed E-state index contributed by atoms with van der Waals surface area (Å²) in [6.45, 7) is 0. The van der Waals surface area contributed by atoms with Gasteiger partial charge in [0, 0.05) is 11.7 Å². The van der Waals surface area contributed by atoms with Gasteiger partial charge in [0.1, 0.15) is 0 Å². The summed E-state index contributed by atoms with van der Waals surface area (Å²) in [5.41, 5.74) is 14.3. The van der Waals surface area contributed by atoms with Crippen LogP contribution in [-0.2, 0) is 6.42 Å². The maximum absolute atomic E-state index is 10.7. The molecule has 1 aromatic rings. The van der Waals surface area contributed by atoms with E-state index in [1.807, 2.05) is 0 Å². The summed E-state index contributed by atoms with van der Waals surface area (Å²) in [7, 11) is 0. The number of nitrogen functional groups attached to an aromatic ring is 1. The molecule has 1 atom stereocenters. The van der Waals surface area contributed by atoms with Gasteiger partial charge in [0.15, 0.2) is 0 Å². The number of hydrogen-bond acceptors (Lipinski definition) is 3. The summed E-state index contributed by atoms with van der Waals surface area (Å²) in [5.74, 6) is -0.944. The van der Waals surface area contributed by atoms with Crippen LogP contribution in [0, 0.1) is 0 Å². The Hall–Kier alpha value is -1.55. The zero-order valence-electron chi connectivity index (χ0n) is 7.66. The van der Waals surface area contributed by atoms with Crippen molar-refractivity contribution in [2.24, 2.45) is 5.73 Å². The van der Waals surface area contributed by atoms with Crippen molar-refractivity contribution in [2.75, 3.05) is 5.73 Å². The van der Waals surface area contributed by atoms with E-state index in [0.29, 0.717) is 5.69 Å². The lowest BCUT2D eigenvalue weighted by Crippen LogP contribution is -2.09. The first-order chi connectivity index (χ1) is 6.59. The predicted molar refractivity (Wildman–Crippen MR) is 53.1 cm³/mol. The summed E-state index contributed by atoms with van der Waals surface area (Å²) in [4.78, 5) is 10.7. The fraction of sp³-hybridized carbons (Fsp3) is 0.300. The van der Waals surface area contributed by atoms with Gasteiger partial charge in [-0.1, -0.05) is 0 Å². The second kappa shape index (κ2) is 2.99. The molecule has 0 bridgehead atoms. The zero-order valence-corrected chi connectivity index (χ0v) is 7.66. The molecule has 0 aliphatic heterocycles. The quantitative estimate of drug-likeness (QED) is 0.577. The van der Waals surface area contributed by atoms with Crippen molar-refractivity contribution in [3.63, 3.8) is 0 Å². The summed E-state index contributed by atoms with van der Waals surface area (Å²) in [6.07, 6.45) is 1.67. The molecule has 1 aliphatic carbocycles. The molecule has 0 fully saturated rings. The van der Waals surface area contributed by atoms with Crippen LogP contribution in [0.4, 0.5) is 5.69 Å². The van der Waals surface area contributed by atoms with E-state index in [9.17, 15) is 4.79 Å². The van der Waals surface area contributed by atoms with E-state index in [2.05, 4.69) is 0 Å². The molecule has 0 unspecified atom stereocenters. The minimum Gasteiger partial charge on any atom is -0.478 e. The van der Waals surface area contributed by atoms with E-state index in [4.69, 9.17) is 16.6 Å². The molecule has 14 heavy (non-hydrogen) atoms. The number of aromatic carboxylic acids is 1. The molecule has 5 N–H and O–H groups in total. The highest BCUT2D eigenvalue weighted by atomic mass is 16.4. The van der Waals surface area contributed by atoms with Crippen LogP contribution in [0.3, 0.4) is 0 Å². The van der Waals surface area contributed by atoms with Gasteiger partial charge in [-0.25, -0.2) is 4.79 Å². The van der Waals surface area contributed by atoms with E-state index in [0.717, 1.165) is 24.0 Å². The van der Waals surface area contributed by atoms with Gasteiger partial charge in [0.05, 0.1) is 5.56 Å². The first kappa shape index (κ1) is 9.02. The lowest BCUT2D eigenvalue weighted by atomic mass is 10.0. The second-order valence-electron chi connectivity index (χ2n) is 3.59. The SMILES string of the molecule is Nc1cc(C(=O)O)cc2c1[C@@H](N)CC2. The number of aryl methyl sites for hydroxylation is 1. The van der Waals surface area contributed by atoms with E-state index in [-0.39, 0.29) is 11.6 Å². The zero-order chi connectivity index (χ0) is 10.3. The lowest BCUT2D eigenvalue weighted by molar-refractivity contribution is 0.0697. The minimum atomic E-state index is -0.944. The molecule has 74 valence electrons. The molecular weight excluding hydrogens is 180 g/mol. The highest BCUT2D eigenvalue weighted by Crippen LogP contribution is 2.34. The Morgan fingerprint density at radius 3 is 2.86 bits per heavy atom. The van der Waals surface area contributed by atoms with Crippen molar-refractivity contribution in [3.05, 3.63) is 28.8 Å². The Morgan fingerprint density at radius 1 is 1.50 bits per heavy atom. The highest BCUT2D eigenvalue weighted by Gasteiger charge is 2.23. The molecule has 0 saturated heterocycles. The Balaban J connectivity index is 2.57. The van der Waals surface area contributed by atoms with Crippen molar-refractivity contribution in [1.82, 2.24) is 0 Å². The molecule has 0 aromatic heterocycles. The number of anilines is 1. The van der Waals surface area contributed by atoms with Gasteiger partial charge >= 0.3 is 5.97 Å². The van der Waals surface area contributed by atoms with Gasteiger partial charge in [-0.15, -0.1) is 0 Å². The summed E-state index contributed by atoms with van der Waals surface area (Å²) < 4.78 is 0. The third-order valence-corrected chi connectivity index (χ3v) is 2.64. The molecule has 0 amide bonds. The predicted octanol–water partition coefficient (Wildman–Crippen LogP) is 0.913. The molecular formula is C10H12N2O2. The average Bonchev–Trinajstić information content (AvgIpc) is 2.48. The molecule has 2 rings (SSSR count). The number of nitrogens with two attached hydrogens (primary N) is 2. The van der Waals surface area contributed by atoms with E-state index >= 15 is 0 Å². The monoisotopic (exact) mass is 192 g/mol. The van der Waals surface area contributed by atoms with Gasteiger partial charge in [-0.05, 0) is 36.1 Å². The first-order valence-electron chi connectivity index (χ1n) is 4.50. The van der Waals surface area contributed by atoms with Gasteiger partial charge in [0.25, 0.3) is 0 Å². The third-order valence-electron chi connectivity index (χ3n) is 2.64. The standard InChI is InChI=1S/C10H12N2O2/c11-7-2-1-5-3-6(10(13)14)4-8(12)9(5)7/h3-4,7H,1-2,11-12H2,(H,13,14)/t7-/m0/s1. The maximum atomic E-state index is 10.7. The van der Waals surface area contributed by atoms with Crippen LogP contribution >= 0.6 is 0 Å². The van der Waals surface area contributed by atoms with Crippen molar-refractivity contribution < 1.29 is 9.90 Å². The number of carbonyl (C=O) groups is 1. The molecule has 0 radical (unpaired) electrons. The topological polar surface area (TPSA) is 89.3 Å². The molecule has 0 spiro atoms. The minimum absolute atomic E-state index is 0.0344. The Bertz CT molecular complexity index is 401. The van der Waals surface area contributed by atoms with Crippen LogP contribution < -0.4 is 11.5 Å². The normalized spacial score (nSPS) is 19.4. The summed E-state index contributed by atoms with van der Waals surface area (Å²) in [6, 6.07) is 3.11. The van der Waals surface area contributed by atoms with Gasteiger partial charge < -0.3 is 16.6 Å². The number of carboxylic acid groups (broad SMARTS) is 1. The smallest absolute Gasteiger partial charge is 0.335 e. The van der Waals surface area contributed by atoms with Crippen molar-refractivity contribution in [3.8, 4) is 0 Å². The number of rotatable bonds is 1. The average molecular weight is 192 g/mol. The fourth-order valence-electron chi connectivity index (χ4n) is 1.98. The van der Waals surface area contributed by atoms with E-state index < -0.39 is 5.97 Å². The Morgan fingerprint density at radius 2 is 2.21 bits per heavy atom. The fourth-order valence-corrected chi connectivity index (χ4v) is 1.98. The molecule has 0 heterocycles. The summed E-state index contributed by atoms with van der Waals surface area (Å²) in [5, 5.41) is 8.82. The van der Waals surface area contributed by atoms with Crippen LogP contribution in [0.25, 0.3) is 0 Å². The maximum Gasteiger partial charge on any atom is 0.335 e. The molecule has 1 aliphatic rings. The van der Waals surface area contributed by atoms with Gasteiger partial charge in [-0.3, -0.25) is 0 Å². The highest BCUT2D eigenvalue weighted by molar-refractivity contribution is 5.89. The second-order valence-corrected chi connectivity index (χ2v) is 3.59. The van der Waals surface area contributed by atoms with Gasteiger partial charge in [0.2, 0.25) is 0 Å². The van der Waals surface area contributed by atoms with Crippen LogP contribution in [0.5, 0.6) is 0 Å². The van der Waals surface area contributed by atoms with E-state index in [1.165, 1.54) is 6.07 Å². The Kier molecular flexibility index (Phi) is 1.93. The first-order valence-corrected chi connectivity index (χ1v) is 4.50. The molecule has 1 aromatic carbocycles. The molecule has 4 heteroatoms. The van der Waals surface area contributed by atoms with Crippen molar-refractivity contribution in [1.29, 1.82) is 0 Å². The number of hydrogen-bond donors (Lipinski definition) is 3. The van der Waals surface area contributed by atoms with Crippen LogP contribution in [0.15, 0.2) is 12.1 Å². The third kappa shape index (κ3) is 1.24. The summed E-state index contributed by atoms with van der Waals surface area (Å²) >= 11 is 0. The van der Waals surface area contributed by atoms with Crippen molar-refractivity contribution in [2.45, 2.75) is 18.9 Å². The van der Waals surface area contributed by atoms with E-state index in [1.54, 1.807) is 6.07 Å². The van der Waals surface area contributed by atoms with Crippen LogP contribution in [0.2, 0.25) is 0 Å². The number of fused-ring (bicyclic) bond motifs is 1. The number of benzene rings is 1. The van der Waals surface area contributed by atoms with Gasteiger partial charge in [-0.2, -0.15) is 0 Å². The molecule has 4 nitrogen and oxygen atoms in total. The van der Waals surface area contributed by atoms with Crippen LogP contribution in [-0.4, -0.2) is 11.1 Å².